The van der Waals surface area contributed by atoms with E-state index in [9.17, 15) is 4.79 Å². The summed E-state index contributed by atoms with van der Waals surface area (Å²) in [7, 11) is 1.95. The number of imidazole rings is 1. The van der Waals surface area contributed by atoms with Crippen LogP contribution in [0.2, 0.25) is 0 Å². The first-order valence-corrected chi connectivity index (χ1v) is 8.72. The van der Waals surface area contributed by atoms with E-state index in [0.717, 1.165) is 24.6 Å². The Morgan fingerprint density at radius 2 is 2.29 bits per heavy atom. The monoisotopic (exact) mass is 328 g/mol. The van der Waals surface area contributed by atoms with Crippen molar-refractivity contribution in [1.82, 2.24) is 24.6 Å². The van der Waals surface area contributed by atoms with Crippen LogP contribution in [0.3, 0.4) is 0 Å². The van der Waals surface area contributed by atoms with Gasteiger partial charge in [-0.3, -0.25) is 4.79 Å². The van der Waals surface area contributed by atoms with Crippen molar-refractivity contribution < 1.29 is 4.79 Å². The molecule has 0 unspecified atom stereocenters. The molecule has 128 valence electrons. The van der Waals surface area contributed by atoms with Crippen molar-refractivity contribution in [2.24, 2.45) is 18.9 Å². The van der Waals surface area contributed by atoms with E-state index in [-0.39, 0.29) is 17.7 Å². The highest BCUT2D eigenvalue weighted by Crippen LogP contribution is 2.30. The molecule has 24 heavy (non-hydrogen) atoms. The van der Waals surface area contributed by atoms with Crippen molar-refractivity contribution >= 4 is 11.7 Å². The molecule has 3 heterocycles. The van der Waals surface area contributed by atoms with Crippen molar-refractivity contribution in [2.45, 2.75) is 31.7 Å². The predicted molar refractivity (Wildman–Crippen MR) is 90.5 cm³/mol. The van der Waals surface area contributed by atoms with Gasteiger partial charge < -0.3 is 15.2 Å². The summed E-state index contributed by atoms with van der Waals surface area (Å²) in [5.41, 5.74) is 0.977. The Morgan fingerprint density at radius 3 is 3.00 bits per heavy atom. The molecule has 1 saturated carbocycles. The highest BCUT2D eigenvalue weighted by Gasteiger charge is 2.35. The maximum Gasteiger partial charge on any atom is 0.230 e. The highest BCUT2D eigenvalue weighted by atomic mass is 16.2. The lowest BCUT2D eigenvalue weighted by molar-refractivity contribution is -0.119. The van der Waals surface area contributed by atoms with E-state index in [2.05, 4.69) is 20.7 Å². The molecule has 0 radical (unpaired) electrons. The van der Waals surface area contributed by atoms with Gasteiger partial charge in [-0.15, -0.1) is 0 Å². The number of aromatic nitrogens is 4. The average Bonchev–Trinajstić information content (AvgIpc) is 3.23. The first-order valence-electron chi connectivity index (χ1n) is 8.72. The van der Waals surface area contributed by atoms with Gasteiger partial charge in [-0.2, -0.15) is 5.10 Å². The van der Waals surface area contributed by atoms with Gasteiger partial charge in [0.05, 0.1) is 24.1 Å². The topological polar surface area (TPSA) is 76.8 Å². The molecule has 4 rings (SSSR count). The van der Waals surface area contributed by atoms with Gasteiger partial charge in [-0.25, -0.2) is 9.67 Å². The summed E-state index contributed by atoms with van der Waals surface area (Å²) in [6.45, 7) is 2.37. The molecule has 0 bridgehead atoms. The standard InChI is InChI=1S/C17H24N6O/c1-22-10-15(19-11-22)13-7-18-8-14(13)17(24)21-16-5-6-20-23(16)9-12-3-2-4-12/h5-6,10-14,18H,2-4,7-9H2,1H3,(H,21,24)/t13-,14-/m1/s1. The lowest BCUT2D eigenvalue weighted by Gasteiger charge is -2.26. The van der Waals surface area contributed by atoms with Crippen LogP contribution in [-0.4, -0.2) is 38.3 Å². The third kappa shape index (κ3) is 2.96. The largest absolute Gasteiger partial charge is 0.340 e. The minimum Gasteiger partial charge on any atom is -0.340 e. The SMILES string of the molecule is Cn1cnc([C@@H]2CNC[C@H]2C(=O)Nc2ccnn2CC2CCC2)c1. The second kappa shape index (κ2) is 6.39. The van der Waals surface area contributed by atoms with Crippen molar-refractivity contribution in [2.75, 3.05) is 18.4 Å². The molecule has 1 aliphatic carbocycles. The summed E-state index contributed by atoms with van der Waals surface area (Å²) in [5, 5.41) is 10.8. The normalized spacial score (nSPS) is 24.0. The van der Waals surface area contributed by atoms with E-state index in [0.29, 0.717) is 12.5 Å². The Hall–Kier alpha value is -2.15. The Bertz CT molecular complexity index is 716. The zero-order chi connectivity index (χ0) is 16.5. The number of hydrogen-bond acceptors (Lipinski definition) is 4. The van der Waals surface area contributed by atoms with Crippen molar-refractivity contribution in [3.05, 3.63) is 30.5 Å². The number of nitrogens with one attached hydrogen (secondary N) is 2. The average molecular weight is 328 g/mol. The van der Waals surface area contributed by atoms with E-state index < -0.39 is 0 Å². The summed E-state index contributed by atoms with van der Waals surface area (Å²) in [6.07, 6.45) is 9.39. The summed E-state index contributed by atoms with van der Waals surface area (Å²) in [5.74, 6) is 1.57. The smallest absolute Gasteiger partial charge is 0.230 e. The lowest BCUT2D eigenvalue weighted by atomic mass is 9.85. The van der Waals surface area contributed by atoms with Gasteiger partial charge in [0.25, 0.3) is 0 Å². The summed E-state index contributed by atoms with van der Waals surface area (Å²) in [4.78, 5) is 17.2. The Balaban J connectivity index is 1.44. The molecule has 0 spiro atoms. The zero-order valence-corrected chi connectivity index (χ0v) is 14.0. The van der Waals surface area contributed by atoms with Gasteiger partial charge in [0.2, 0.25) is 5.91 Å². The molecule has 7 heteroatoms. The van der Waals surface area contributed by atoms with E-state index in [1.165, 1.54) is 19.3 Å². The number of carbonyl (C=O) groups excluding carboxylic acids is 1. The molecule has 2 aromatic heterocycles. The van der Waals surface area contributed by atoms with Crippen LogP contribution in [0.5, 0.6) is 0 Å². The molecule has 2 aliphatic rings. The molecular weight excluding hydrogens is 304 g/mol. The van der Waals surface area contributed by atoms with E-state index in [1.807, 2.05) is 28.6 Å². The summed E-state index contributed by atoms with van der Waals surface area (Å²) in [6, 6.07) is 1.88. The first kappa shape index (κ1) is 15.4. The fourth-order valence-corrected chi connectivity index (χ4v) is 3.61. The molecule has 2 atom stereocenters. The third-order valence-corrected chi connectivity index (χ3v) is 5.28. The summed E-state index contributed by atoms with van der Waals surface area (Å²) < 4.78 is 3.86. The van der Waals surface area contributed by atoms with Gasteiger partial charge in [-0.05, 0) is 18.8 Å². The fraction of sp³-hybridized carbons (Fsp3) is 0.588. The van der Waals surface area contributed by atoms with Crippen molar-refractivity contribution in [1.29, 1.82) is 0 Å². The Labute approximate surface area is 141 Å². The van der Waals surface area contributed by atoms with Crippen LogP contribution in [0.25, 0.3) is 0 Å². The number of hydrogen-bond donors (Lipinski definition) is 2. The maximum absolute atomic E-state index is 12.8. The minimum absolute atomic E-state index is 0.0472. The van der Waals surface area contributed by atoms with Gasteiger partial charge >= 0.3 is 0 Å². The zero-order valence-electron chi connectivity index (χ0n) is 14.0. The van der Waals surface area contributed by atoms with Gasteiger partial charge in [0.1, 0.15) is 5.82 Å². The molecule has 2 aromatic rings. The van der Waals surface area contributed by atoms with Crippen molar-refractivity contribution in [3.8, 4) is 0 Å². The highest BCUT2D eigenvalue weighted by molar-refractivity contribution is 5.92. The van der Waals surface area contributed by atoms with E-state index >= 15 is 0 Å². The molecule has 1 aliphatic heterocycles. The van der Waals surface area contributed by atoms with Crippen LogP contribution < -0.4 is 10.6 Å². The lowest BCUT2D eigenvalue weighted by Crippen LogP contribution is -2.30. The van der Waals surface area contributed by atoms with Gasteiger partial charge in [-0.1, -0.05) is 6.42 Å². The number of anilines is 1. The molecule has 0 aromatic carbocycles. The number of amides is 1. The van der Waals surface area contributed by atoms with Crippen LogP contribution in [-0.2, 0) is 18.4 Å². The minimum atomic E-state index is -0.105. The number of aryl methyl sites for hydroxylation is 1. The Morgan fingerprint density at radius 1 is 1.42 bits per heavy atom. The van der Waals surface area contributed by atoms with Crippen LogP contribution in [0.4, 0.5) is 5.82 Å². The first-order chi connectivity index (χ1) is 11.7. The van der Waals surface area contributed by atoms with Crippen LogP contribution in [0, 0.1) is 11.8 Å². The van der Waals surface area contributed by atoms with Gasteiger partial charge in [0.15, 0.2) is 0 Å². The molecule has 7 nitrogen and oxygen atoms in total. The number of rotatable bonds is 5. The molecule has 1 saturated heterocycles. The Kier molecular flexibility index (Phi) is 4.10. The van der Waals surface area contributed by atoms with Crippen LogP contribution >= 0.6 is 0 Å². The van der Waals surface area contributed by atoms with Crippen LogP contribution in [0.1, 0.15) is 30.9 Å². The second-order valence-electron chi connectivity index (χ2n) is 7.02. The second-order valence-corrected chi connectivity index (χ2v) is 7.02. The summed E-state index contributed by atoms with van der Waals surface area (Å²) >= 11 is 0. The van der Waals surface area contributed by atoms with Crippen LogP contribution in [0.15, 0.2) is 24.8 Å². The molecule has 2 fully saturated rings. The van der Waals surface area contributed by atoms with E-state index in [4.69, 9.17) is 0 Å². The number of carbonyl (C=O) groups is 1. The maximum atomic E-state index is 12.8. The molecule has 2 N–H and O–H groups in total. The fourth-order valence-electron chi connectivity index (χ4n) is 3.61. The van der Waals surface area contributed by atoms with E-state index in [1.54, 1.807) is 12.5 Å². The predicted octanol–water partition coefficient (Wildman–Crippen LogP) is 1.36. The van der Waals surface area contributed by atoms with Crippen molar-refractivity contribution in [3.63, 3.8) is 0 Å². The number of nitrogens with zero attached hydrogens (tertiary/aromatic N) is 4. The molecule has 1 amide bonds. The third-order valence-electron chi connectivity index (χ3n) is 5.28. The quantitative estimate of drug-likeness (QED) is 0.869. The molecular formula is C17H24N6O. The van der Waals surface area contributed by atoms with Gasteiger partial charge in [0, 0.05) is 44.9 Å².